The van der Waals surface area contributed by atoms with Crippen LogP contribution in [0.3, 0.4) is 0 Å². The number of fused-ring (bicyclic) bond motifs is 5. The van der Waals surface area contributed by atoms with Crippen LogP contribution in [-0.2, 0) is 14.3 Å². The Balaban J connectivity index is 1.55. The Bertz CT molecular complexity index is 737. The first kappa shape index (κ1) is 20.8. The third-order valence-electron chi connectivity index (χ3n) is 9.12. The lowest BCUT2D eigenvalue weighted by Gasteiger charge is -2.58. The zero-order valence-corrected chi connectivity index (χ0v) is 18.2. The molecule has 0 spiro atoms. The average molecular weight is 401 g/mol. The summed E-state index contributed by atoms with van der Waals surface area (Å²) < 4.78 is 5.54. The molecule has 0 aromatic rings. The lowest BCUT2D eigenvalue weighted by molar-refractivity contribution is -0.149. The van der Waals surface area contributed by atoms with Crippen molar-refractivity contribution in [2.24, 2.45) is 34.5 Å². The summed E-state index contributed by atoms with van der Waals surface area (Å²) in [7, 11) is 0. The standard InChI is InChI=1S/C25H36O4/c1-16(27)29-18-10-12-24(2)17(15-18)6-7-19-20-8-9-22(23(28)5-4-14-26)25(20,3)13-11-21(19)24/h4-6,18-22,26H,7-15H2,1-3H3. The maximum Gasteiger partial charge on any atom is 0.302 e. The van der Waals surface area contributed by atoms with E-state index >= 15 is 0 Å². The summed E-state index contributed by atoms with van der Waals surface area (Å²) in [6, 6.07) is 0. The van der Waals surface area contributed by atoms with E-state index in [0.717, 1.165) is 44.9 Å². The van der Waals surface area contributed by atoms with E-state index in [0.29, 0.717) is 17.8 Å². The van der Waals surface area contributed by atoms with Crippen LogP contribution in [0.4, 0.5) is 0 Å². The quantitative estimate of drug-likeness (QED) is 0.425. The summed E-state index contributed by atoms with van der Waals surface area (Å²) in [5.41, 5.74) is 1.82. The van der Waals surface area contributed by atoms with E-state index in [4.69, 9.17) is 9.84 Å². The first-order valence-corrected chi connectivity index (χ1v) is 11.5. The molecule has 0 bridgehead atoms. The normalized spacial score (nSPS) is 43.9. The molecular formula is C25H36O4. The van der Waals surface area contributed by atoms with Crippen molar-refractivity contribution < 1.29 is 19.4 Å². The highest BCUT2D eigenvalue weighted by molar-refractivity contribution is 5.92. The van der Waals surface area contributed by atoms with Crippen molar-refractivity contribution in [3.05, 3.63) is 23.8 Å². The van der Waals surface area contributed by atoms with Crippen LogP contribution in [0.5, 0.6) is 0 Å². The summed E-state index contributed by atoms with van der Waals surface area (Å²) in [5.74, 6) is 2.10. The van der Waals surface area contributed by atoms with E-state index in [9.17, 15) is 9.59 Å². The van der Waals surface area contributed by atoms with E-state index in [-0.39, 0.29) is 41.2 Å². The Morgan fingerprint density at radius 3 is 2.69 bits per heavy atom. The van der Waals surface area contributed by atoms with Gasteiger partial charge in [-0.25, -0.2) is 0 Å². The van der Waals surface area contributed by atoms with Gasteiger partial charge in [0.05, 0.1) is 6.61 Å². The van der Waals surface area contributed by atoms with Gasteiger partial charge in [0.15, 0.2) is 5.78 Å². The fourth-order valence-corrected chi connectivity index (χ4v) is 7.72. The largest absolute Gasteiger partial charge is 0.462 e. The molecule has 0 radical (unpaired) electrons. The van der Waals surface area contributed by atoms with Gasteiger partial charge in [0.1, 0.15) is 6.10 Å². The summed E-state index contributed by atoms with van der Waals surface area (Å²) in [4.78, 5) is 24.2. The van der Waals surface area contributed by atoms with Crippen LogP contribution in [0.2, 0.25) is 0 Å². The first-order chi connectivity index (χ1) is 13.8. The number of aliphatic hydroxyl groups excluding tert-OH is 1. The molecule has 4 nitrogen and oxygen atoms in total. The molecule has 0 aromatic heterocycles. The van der Waals surface area contributed by atoms with Crippen molar-refractivity contribution in [2.75, 3.05) is 6.61 Å². The smallest absolute Gasteiger partial charge is 0.302 e. The van der Waals surface area contributed by atoms with Crippen LogP contribution in [0.25, 0.3) is 0 Å². The second-order valence-corrected chi connectivity index (χ2v) is 10.4. The third kappa shape index (κ3) is 3.41. The van der Waals surface area contributed by atoms with Crippen LogP contribution in [0, 0.1) is 34.5 Å². The predicted molar refractivity (Wildman–Crippen MR) is 112 cm³/mol. The summed E-state index contributed by atoms with van der Waals surface area (Å²) >= 11 is 0. The van der Waals surface area contributed by atoms with Crippen LogP contribution in [0.15, 0.2) is 23.8 Å². The molecule has 4 rings (SSSR count). The SMILES string of the molecule is CC(=O)OC1CCC2(C)C(=CCC3C2CCC2(C)C(C(=O)C=CCO)CCC32)C1. The van der Waals surface area contributed by atoms with Gasteiger partial charge < -0.3 is 9.84 Å². The minimum atomic E-state index is -0.168. The van der Waals surface area contributed by atoms with Gasteiger partial charge >= 0.3 is 5.97 Å². The van der Waals surface area contributed by atoms with E-state index in [1.807, 2.05) is 0 Å². The Hall–Kier alpha value is -1.42. The van der Waals surface area contributed by atoms with Crippen LogP contribution >= 0.6 is 0 Å². The molecule has 4 aliphatic rings. The Labute approximate surface area is 174 Å². The Kier molecular flexibility index (Phi) is 5.52. The van der Waals surface area contributed by atoms with E-state index in [2.05, 4.69) is 19.9 Å². The molecule has 0 aliphatic heterocycles. The van der Waals surface area contributed by atoms with E-state index < -0.39 is 0 Å². The highest BCUT2D eigenvalue weighted by Crippen LogP contribution is 2.66. The topological polar surface area (TPSA) is 63.6 Å². The second kappa shape index (κ2) is 7.68. The molecule has 4 heteroatoms. The van der Waals surface area contributed by atoms with Gasteiger partial charge in [-0.1, -0.05) is 31.6 Å². The molecule has 160 valence electrons. The third-order valence-corrected chi connectivity index (χ3v) is 9.12. The highest BCUT2D eigenvalue weighted by Gasteiger charge is 2.59. The van der Waals surface area contributed by atoms with Crippen molar-refractivity contribution in [3.8, 4) is 0 Å². The average Bonchev–Trinajstić information content (AvgIpc) is 3.03. The van der Waals surface area contributed by atoms with Crippen LogP contribution in [-0.4, -0.2) is 29.6 Å². The van der Waals surface area contributed by atoms with Crippen molar-refractivity contribution in [2.45, 2.75) is 78.2 Å². The van der Waals surface area contributed by atoms with Gasteiger partial charge in [0.25, 0.3) is 0 Å². The fourth-order valence-electron chi connectivity index (χ4n) is 7.72. The maximum atomic E-state index is 12.8. The zero-order valence-electron chi connectivity index (χ0n) is 18.2. The molecule has 7 atom stereocenters. The predicted octanol–water partition coefficient (Wildman–Crippen LogP) is 4.61. The van der Waals surface area contributed by atoms with E-state index in [1.54, 1.807) is 12.2 Å². The minimum absolute atomic E-state index is 0.0454. The molecule has 0 heterocycles. The monoisotopic (exact) mass is 400 g/mol. The zero-order chi connectivity index (χ0) is 20.8. The number of carbonyl (C=O) groups is 2. The number of hydrogen-bond acceptors (Lipinski definition) is 4. The fraction of sp³-hybridized carbons (Fsp3) is 0.760. The van der Waals surface area contributed by atoms with Gasteiger partial charge in [-0.15, -0.1) is 0 Å². The second-order valence-electron chi connectivity index (χ2n) is 10.4. The van der Waals surface area contributed by atoms with Gasteiger partial charge in [0.2, 0.25) is 0 Å². The van der Waals surface area contributed by atoms with Crippen molar-refractivity contribution in [1.29, 1.82) is 0 Å². The molecule has 4 aliphatic carbocycles. The lowest BCUT2D eigenvalue weighted by atomic mass is 9.47. The van der Waals surface area contributed by atoms with Gasteiger partial charge in [0, 0.05) is 19.3 Å². The lowest BCUT2D eigenvalue weighted by Crippen LogP contribution is -2.51. The molecule has 29 heavy (non-hydrogen) atoms. The van der Waals surface area contributed by atoms with E-state index in [1.165, 1.54) is 18.9 Å². The van der Waals surface area contributed by atoms with Crippen molar-refractivity contribution in [3.63, 3.8) is 0 Å². The Morgan fingerprint density at radius 1 is 1.17 bits per heavy atom. The van der Waals surface area contributed by atoms with Gasteiger partial charge in [-0.3, -0.25) is 9.59 Å². The molecular weight excluding hydrogens is 364 g/mol. The maximum absolute atomic E-state index is 12.8. The van der Waals surface area contributed by atoms with Crippen molar-refractivity contribution >= 4 is 11.8 Å². The molecule has 0 aromatic carbocycles. The number of allylic oxidation sites excluding steroid dienone is 2. The van der Waals surface area contributed by atoms with Crippen LogP contribution < -0.4 is 0 Å². The Morgan fingerprint density at radius 2 is 1.97 bits per heavy atom. The number of rotatable bonds is 4. The summed E-state index contributed by atoms with van der Waals surface area (Å²) in [6.45, 7) is 6.25. The number of esters is 1. The number of carbonyl (C=O) groups excluding carboxylic acids is 2. The van der Waals surface area contributed by atoms with Gasteiger partial charge in [-0.2, -0.15) is 0 Å². The highest BCUT2D eigenvalue weighted by atomic mass is 16.5. The first-order valence-electron chi connectivity index (χ1n) is 11.5. The molecule has 0 saturated heterocycles. The molecule has 1 N–H and O–H groups in total. The molecule has 7 unspecified atom stereocenters. The molecule has 3 saturated carbocycles. The summed E-state index contributed by atoms with van der Waals surface area (Å²) in [5, 5.41) is 9.04. The molecule has 0 amide bonds. The van der Waals surface area contributed by atoms with Crippen LogP contribution in [0.1, 0.15) is 72.1 Å². The number of ether oxygens (including phenoxy) is 1. The molecule has 3 fully saturated rings. The minimum Gasteiger partial charge on any atom is -0.462 e. The number of aliphatic hydroxyl groups is 1. The van der Waals surface area contributed by atoms with Gasteiger partial charge in [-0.05, 0) is 79.6 Å². The van der Waals surface area contributed by atoms with Crippen molar-refractivity contribution in [1.82, 2.24) is 0 Å². The number of ketones is 1. The number of hydrogen-bond donors (Lipinski definition) is 1. The summed E-state index contributed by atoms with van der Waals surface area (Å²) in [6.07, 6.45) is 14.2.